The third-order valence-corrected chi connectivity index (χ3v) is 3.35. The number of rotatable bonds is 4. The number of ether oxygens (including phenoxy) is 2. The van der Waals surface area contributed by atoms with Crippen molar-refractivity contribution in [3.05, 3.63) is 0 Å². The van der Waals surface area contributed by atoms with Crippen molar-refractivity contribution in [3.63, 3.8) is 0 Å². The molecule has 0 aromatic heterocycles. The molecule has 0 aliphatic carbocycles. The first-order chi connectivity index (χ1) is 7.22. The van der Waals surface area contributed by atoms with Crippen LogP contribution in [0.15, 0.2) is 0 Å². The Hall–Kier alpha value is -0.160. The minimum Gasteiger partial charge on any atom is -0.390 e. The lowest BCUT2D eigenvalue weighted by molar-refractivity contribution is -0.0823. The Morgan fingerprint density at radius 3 is 2.67 bits per heavy atom. The first-order valence-corrected chi connectivity index (χ1v) is 5.77. The Morgan fingerprint density at radius 1 is 1.40 bits per heavy atom. The molecule has 0 spiro atoms. The molecule has 2 heterocycles. The predicted octanol–water partition coefficient (Wildman–Crippen LogP) is 0.295. The second-order valence-electron chi connectivity index (χ2n) is 4.83. The lowest BCUT2D eigenvalue weighted by Gasteiger charge is -2.45. The molecule has 2 atom stereocenters. The van der Waals surface area contributed by atoms with E-state index in [1.165, 1.54) is 0 Å². The van der Waals surface area contributed by atoms with Gasteiger partial charge in [-0.2, -0.15) is 0 Å². The molecule has 2 aliphatic rings. The molecule has 2 N–H and O–H groups in total. The summed E-state index contributed by atoms with van der Waals surface area (Å²) < 4.78 is 10.5. The van der Waals surface area contributed by atoms with Crippen molar-refractivity contribution >= 4 is 0 Å². The zero-order chi connectivity index (χ0) is 10.7. The summed E-state index contributed by atoms with van der Waals surface area (Å²) in [6, 6.07) is 0.676. The van der Waals surface area contributed by atoms with Crippen molar-refractivity contribution in [2.45, 2.75) is 43.4 Å². The highest BCUT2D eigenvalue weighted by Gasteiger charge is 2.40. The van der Waals surface area contributed by atoms with Crippen LogP contribution in [0.5, 0.6) is 0 Å². The number of aliphatic hydroxyl groups is 1. The Bertz CT molecular complexity index is 198. The van der Waals surface area contributed by atoms with E-state index in [1.54, 1.807) is 7.11 Å². The summed E-state index contributed by atoms with van der Waals surface area (Å²) in [6.45, 7) is 2.22. The zero-order valence-corrected chi connectivity index (χ0v) is 9.37. The molecule has 0 aromatic rings. The van der Waals surface area contributed by atoms with E-state index < -0.39 is 5.60 Å². The minimum atomic E-state index is -0.497. The Kier molecular flexibility index (Phi) is 3.61. The normalized spacial score (nSPS) is 40.4. The van der Waals surface area contributed by atoms with Crippen LogP contribution in [0.1, 0.15) is 25.7 Å². The Balaban J connectivity index is 1.85. The molecule has 0 saturated carbocycles. The summed E-state index contributed by atoms with van der Waals surface area (Å²) >= 11 is 0. The Labute approximate surface area is 90.9 Å². The van der Waals surface area contributed by atoms with Gasteiger partial charge in [0.2, 0.25) is 0 Å². The van der Waals surface area contributed by atoms with E-state index in [-0.39, 0.29) is 0 Å². The van der Waals surface area contributed by atoms with Gasteiger partial charge in [0.1, 0.15) is 0 Å². The Morgan fingerprint density at radius 2 is 2.07 bits per heavy atom. The van der Waals surface area contributed by atoms with Gasteiger partial charge in [-0.15, -0.1) is 0 Å². The van der Waals surface area contributed by atoms with Gasteiger partial charge in [0, 0.05) is 25.8 Å². The van der Waals surface area contributed by atoms with Gasteiger partial charge in [0.05, 0.1) is 18.8 Å². The SMILES string of the molecule is COCCCC1(O)CC2COCC(C1)N2. The van der Waals surface area contributed by atoms with Crippen molar-refractivity contribution in [1.82, 2.24) is 5.32 Å². The molecular formula is C11H21NO3. The largest absolute Gasteiger partial charge is 0.390 e. The van der Waals surface area contributed by atoms with Crippen LogP contribution in [0.2, 0.25) is 0 Å². The van der Waals surface area contributed by atoms with Gasteiger partial charge in [0.25, 0.3) is 0 Å². The highest BCUT2D eigenvalue weighted by Crippen LogP contribution is 2.31. The second kappa shape index (κ2) is 4.78. The standard InChI is InChI=1S/C11H21NO3/c1-14-4-2-3-11(13)5-9-7-15-8-10(6-11)12-9/h9-10,12-13H,2-8H2,1H3. The van der Waals surface area contributed by atoms with Crippen molar-refractivity contribution in [3.8, 4) is 0 Å². The summed E-state index contributed by atoms with van der Waals surface area (Å²) in [5.74, 6) is 0. The highest BCUT2D eigenvalue weighted by atomic mass is 16.5. The van der Waals surface area contributed by atoms with E-state index in [4.69, 9.17) is 9.47 Å². The van der Waals surface area contributed by atoms with Crippen LogP contribution in [0, 0.1) is 0 Å². The second-order valence-corrected chi connectivity index (χ2v) is 4.83. The average Bonchev–Trinajstić information content (AvgIpc) is 2.17. The fraction of sp³-hybridized carbons (Fsp3) is 1.00. The summed E-state index contributed by atoms with van der Waals surface area (Å²) in [6.07, 6.45) is 3.41. The summed E-state index contributed by atoms with van der Waals surface area (Å²) in [5.41, 5.74) is -0.497. The topological polar surface area (TPSA) is 50.7 Å². The fourth-order valence-electron chi connectivity index (χ4n) is 2.77. The van der Waals surface area contributed by atoms with Crippen LogP contribution in [0.4, 0.5) is 0 Å². The number of hydrogen-bond acceptors (Lipinski definition) is 4. The molecule has 2 aliphatic heterocycles. The van der Waals surface area contributed by atoms with Gasteiger partial charge in [-0.05, 0) is 25.7 Å². The van der Waals surface area contributed by atoms with Gasteiger partial charge in [-0.25, -0.2) is 0 Å². The van der Waals surface area contributed by atoms with Gasteiger partial charge in [-0.3, -0.25) is 0 Å². The van der Waals surface area contributed by atoms with E-state index in [0.29, 0.717) is 12.1 Å². The van der Waals surface area contributed by atoms with Crippen molar-refractivity contribution in [2.24, 2.45) is 0 Å². The van der Waals surface area contributed by atoms with Crippen molar-refractivity contribution < 1.29 is 14.6 Å². The van der Waals surface area contributed by atoms with Crippen molar-refractivity contribution in [1.29, 1.82) is 0 Å². The maximum Gasteiger partial charge on any atom is 0.0680 e. The third-order valence-electron chi connectivity index (χ3n) is 3.35. The minimum absolute atomic E-state index is 0.338. The maximum absolute atomic E-state index is 10.5. The molecule has 88 valence electrons. The van der Waals surface area contributed by atoms with Gasteiger partial charge in [0.15, 0.2) is 0 Å². The summed E-state index contributed by atoms with van der Waals surface area (Å²) in [5, 5.41) is 13.9. The first-order valence-electron chi connectivity index (χ1n) is 5.77. The number of fused-ring (bicyclic) bond motifs is 2. The van der Waals surface area contributed by atoms with E-state index in [9.17, 15) is 5.11 Å². The predicted molar refractivity (Wildman–Crippen MR) is 56.8 cm³/mol. The summed E-state index contributed by atoms with van der Waals surface area (Å²) in [4.78, 5) is 0. The molecule has 2 fully saturated rings. The molecule has 15 heavy (non-hydrogen) atoms. The van der Waals surface area contributed by atoms with E-state index in [2.05, 4.69) is 5.32 Å². The number of methoxy groups -OCH3 is 1. The monoisotopic (exact) mass is 215 g/mol. The maximum atomic E-state index is 10.5. The van der Waals surface area contributed by atoms with Crippen LogP contribution in [0.25, 0.3) is 0 Å². The molecule has 0 amide bonds. The van der Waals surface area contributed by atoms with E-state index in [1.807, 2.05) is 0 Å². The summed E-state index contributed by atoms with van der Waals surface area (Å²) in [7, 11) is 1.70. The van der Waals surface area contributed by atoms with Crippen LogP contribution < -0.4 is 5.32 Å². The van der Waals surface area contributed by atoms with Gasteiger partial charge in [-0.1, -0.05) is 0 Å². The molecule has 0 radical (unpaired) electrons. The molecule has 4 nitrogen and oxygen atoms in total. The number of hydrogen-bond donors (Lipinski definition) is 2. The molecular weight excluding hydrogens is 194 g/mol. The van der Waals surface area contributed by atoms with Crippen LogP contribution in [-0.2, 0) is 9.47 Å². The van der Waals surface area contributed by atoms with Gasteiger partial charge < -0.3 is 19.9 Å². The fourth-order valence-corrected chi connectivity index (χ4v) is 2.77. The lowest BCUT2D eigenvalue weighted by atomic mass is 9.80. The van der Waals surface area contributed by atoms with Crippen molar-refractivity contribution in [2.75, 3.05) is 26.9 Å². The van der Waals surface area contributed by atoms with E-state index >= 15 is 0 Å². The molecule has 2 saturated heterocycles. The van der Waals surface area contributed by atoms with E-state index in [0.717, 1.165) is 45.5 Å². The first kappa shape index (κ1) is 11.3. The number of morpholine rings is 1. The lowest BCUT2D eigenvalue weighted by Crippen LogP contribution is -2.59. The third kappa shape index (κ3) is 2.91. The highest BCUT2D eigenvalue weighted by molar-refractivity contribution is 4.96. The molecule has 0 aromatic carbocycles. The number of piperidine rings is 1. The van der Waals surface area contributed by atoms with Crippen LogP contribution >= 0.6 is 0 Å². The van der Waals surface area contributed by atoms with Crippen LogP contribution in [0.3, 0.4) is 0 Å². The number of nitrogens with one attached hydrogen (secondary N) is 1. The molecule has 2 bridgehead atoms. The molecule has 2 unspecified atom stereocenters. The smallest absolute Gasteiger partial charge is 0.0680 e. The molecule has 4 heteroatoms. The zero-order valence-electron chi connectivity index (χ0n) is 9.37. The average molecular weight is 215 g/mol. The quantitative estimate of drug-likeness (QED) is 0.662. The van der Waals surface area contributed by atoms with Crippen LogP contribution in [-0.4, -0.2) is 49.7 Å². The van der Waals surface area contributed by atoms with Gasteiger partial charge >= 0.3 is 0 Å². The molecule has 2 rings (SSSR count).